The molecule has 1 fully saturated rings. The number of halogens is 1. The summed E-state index contributed by atoms with van der Waals surface area (Å²) in [4.78, 5) is 15.8. The third-order valence-electron chi connectivity index (χ3n) is 3.44. The molecule has 0 saturated heterocycles. The lowest BCUT2D eigenvalue weighted by Crippen LogP contribution is -2.25. The maximum Gasteiger partial charge on any atom is 0.308 e. The average molecular weight is 314 g/mol. The first-order valence-corrected chi connectivity index (χ1v) is 6.69. The summed E-state index contributed by atoms with van der Waals surface area (Å²) in [6.07, 6.45) is 1.55. The number of pyridine rings is 1. The summed E-state index contributed by atoms with van der Waals surface area (Å²) >= 11 is 3.33. The van der Waals surface area contributed by atoms with Crippen LogP contribution in [0.3, 0.4) is 0 Å². The quantitative estimate of drug-likeness (QED) is 0.672. The largest absolute Gasteiger partial charge is 0.469 e. The zero-order chi connectivity index (χ0) is 13.3. The first-order chi connectivity index (χ1) is 8.44. The van der Waals surface area contributed by atoms with E-state index in [1.54, 1.807) is 0 Å². The molecule has 2 atom stereocenters. The van der Waals surface area contributed by atoms with Gasteiger partial charge in [-0.25, -0.2) is 4.98 Å². The van der Waals surface area contributed by atoms with Crippen molar-refractivity contribution >= 4 is 21.9 Å². The molecule has 0 bridgehead atoms. The van der Waals surface area contributed by atoms with Gasteiger partial charge in [-0.2, -0.15) is 0 Å². The van der Waals surface area contributed by atoms with Gasteiger partial charge in [-0.05, 0) is 59.8 Å². The minimum atomic E-state index is -1.02. The predicted octanol–water partition coefficient (Wildman–Crippen LogP) is 2.31. The lowest BCUT2D eigenvalue weighted by atomic mass is 9.95. The Kier molecular flexibility index (Phi) is 3.73. The molecule has 1 saturated carbocycles. The summed E-state index contributed by atoms with van der Waals surface area (Å²) in [7, 11) is 1.38. The van der Waals surface area contributed by atoms with Crippen LogP contribution in [-0.4, -0.2) is 23.2 Å². The third-order valence-corrected chi connectivity index (χ3v) is 3.85. The van der Waals surface area contributed by atoms with Crippen LogP contribution in [0.25, 0.3) is 0 Å². The fraction of sp³-hybridized carbons (Fsp3) is 0.538. The summed E-state index contributed by atoms with van der Waals surface area (Å²) in [6.45, 7) is 1.95. The second-order valence-electron chi connectivity index (χ2n) is 4.85. The van der Waals surface area contributed by atoms with Gasteiger partial charge in [0.05, 0.1) is 18.7 Å². The van der Waals surface area contributed by atoms with E-state index in [0.29, 0.717) is 29.6 Å². The van der Waals surface area contributed by atoms with E-state index >= 15 is 0 Å². The van der Waals surface area contributed by atoms with Crippen LogP contribution in [0.5, 0.6) is 0 Å². The highest BCUT2D eigenvalue weighted by Crippen LogP contribution is 2.42. The Morgan fingerprint density at radius 2 is 2.33 bits per heavy atom. The van der Waals surface area contributed by atoms with Crippen molar-refractivity contribution in [2.24, 2.45) is 5.92 Å². The van der Waals surface area contributed by atoms with Gasteiger partial charge in [-0.15, -0.1) is 0 Å². The molecule has 1 aromatic rings. The molecule has 0 radical (unpaired) electrons. The average Bonchev–Trinajstić information content (AvgIpc) is 2.71. The Bertz CT molecular complexity index is 457. The topological polar surface area (TPSA) is 59.4 Å². The van der Waals surface area contributed by atoms with E-state index in [-0.39, 0.29) is 11.9 Å². The number of rotatable bonds is 2. The van der Waals surface area contributed by atoms with E-state index in [4.69, 9.17) is 4.74 Å². The van der Waals surface area contributed by atoms with Gasteiger partial charge in [0, 0.05) is 0 Å². The molecule has 0 aliphatic heterocycles. The van der Waals surface area contributed by atoms with Crippen molar-refractivity contribution in [3.63, 3.8) is 0 Å². The van der Waals surface area contributed by atoms with Crippen LogP contribution in [0.1, 0.15) is 30.5 Å². The van der Waals surface area contributed by atoms with Crippen molar-refractivity contribution < 1.29 is 14.6 Å². The number of esters is 1. The van der Waals surface area contributed by atoms with Crippen LogP contribution in [0.2, 0.25) is 0 Å². The van der Waals surface area contributed by atoms with Crippen molar-refractivity contribution in [3.8, 4) is 0 Å². The van der Waals surface area contributed by atoms with E-state index in [9.17, 15) is 9.90 Å². The van der Waals surface area contributed by atoms with Crippen molar-refractivity contribution in [1.82, 2.24) is 4.98 Å². The summed E-state index contributed by atoms with van der Waals surface area (Å²) in [5, 5.41) is 10.6. The smallest absolute Gasteiger partial charge is 0.308 e. The number of aliphatic hydroxyl groups is 1. The molecule has 0 amide bonds. The number of hydrogen-bond donors (Lipinski definition) is 1. The molecule has 1 N–H and O–H groups in total. The van der Waals surface area contributed by atoms with E-state index in [0.717, 1.165) is 5.56 Å². The Morgan fingerprint density at radius 1 is 1.61 bits per heavy atom. The molecule has 1 aliphatic rings. The van der Waals surface area contributed by atoms with Crippen LogP contribution in [0.15, 0.2) is 16.7 Å². The number of methoxy groups -OCH3 is 1. The third kappa shape index (κ3) is 2.57. The highest BCUT2D eigenvalue weighted by molar-refractivity contribution is 9.10. The van der Waals surface area contributed by atoms with Gasteiger partial charge in [0.2, 0.25) is 0 Å². The second kappa shape index (κ2) is 4.97. The van der Waals surface area contributed by atoms with Crippen LogP contribution < -0.4 is 0 Å². The first kappa shape index (κ1) is 13.5. The van der Waals surface area contributed by atoms with Crippen molar-refractivity contribution in [2.45, 2.75) is 31.8 Å². The van der Waals surface area contributed by atoms with Crippen molar-refractivity contribution in [1.29, 1.82) is 0 Å². The summed E-state index contributed by atoms with van der Waals surface area (Å²) in [6, 6.07) is 3.75. The Hall–Kier alpha value is -0.940. The first-order valence-electron chi connectivity index (χ1n) is 5.89. The molecule has 1 heterocycles. The van der Waals surface area contributed by atoms with Crippen LogP contribution in [-0.2, 0) is 15.1 Å². The Balaban J connectivity index is 2.25. The highest BCUT2D eigenvalue weighted by atomic mass is 79.9. The minimum Gasteiger partial charge on any atom is -0.469 e. The lowest BCUT2D eigenvalue weighted by Gasteiger charge is -2.22. The Labute approximate surface area is 115 Å². The van der Waals surface area contributed by atoms with E-state index in [1.807, 2.05) is 19.1 Å². The molecule has 98 valence electrons. The fourth-order valence-electron chi connectivity index (χ4n) is 2.49. The lowest BCUT2D eigenvalue weighted by molar-refractivity contribution is -0.145. The molecule has 1 aromatic heterocycles. The molecule has 0 spiro atoms. The molecule has 2 rings (SSSR count). The normalized spacial score (nSPS) is 27.2. The summed E-state index contributed by atoms with van der Waals surface area (Å²) in [5.74, 6) is -0.487. The molecular weight excluding hydrogens is 298 g/mol. The number of aromatic nitrogens is 1. The molecule has 18 heavy (non-hydrogen) atoms. The highest BCUT2D eigenvalue weighted by Gasteiger charge is 2.43. The van der Waals surface area contributed by atoms with Gasteiger partial charge >= 0.3 is 5.97 Å². The van der Waals surface area contributed by atoms with Crippen molar-refractivity contribution in [2.75, 3.05) is 7.11 Å². The molecule has 1 aliphatic carbocycles. The monoisotopic (exact) mass is 313 g/mol. The van der Waals surface area contributed by atoms with Gasteiger partial charge < -0.3 is 9.84 Å². The summed E-state index contributed by atoms with van der Waals surface area (Å²) in [5.41, 5.74) is 0.635. The molecular formula is C13H16BrNO3. The van der Waals surface area contributed by atoms with Crippen LogP contribution in [0, 0.1) is 12.8 Å². The SMILES string of the molecule is COC(=O)[C@@H]1CC[C@](O)(c2cc(C)cc(Br)n2)C1. The number of ether oxygens (including phenoxy) is 1. The second-order valence-corrected chi connectivity index (χ2v) is 5.66. The zero-order valence-electron chi connectivity index (χ0n) is 10.4. The van der Waals surface area contributed by atoms with Crippen LogP contribution in [0.4, 0.5) is 0 Å². The predicted molar refractivity (Wildman–Crippen MR) is 69.9 cm³/mol. The molecule has 5 heteroatoms. The Morgan fingerprint density at radius 3 is 2.94 bits per heavy atom. The van der Waals surface area contributed by atoms with E-state index in [1.165, 1.54) is 7.11 Å². The van der Waals surface area contributed by atoms with Gasteiger partial charge in [0.1, 0.15) is 10.2 Å². The maximum atomic E-state index is 11.5. The maximum absolute atomic E-state index is 11.5. The van der Waals surface area contributed by atoms with Gasteiger partial charge in [0.15, 0.2) is 0 Å². The van der Waals surface area contributed by atoms with Gasteiger partial charge in [-0.1, -0.05) is 0 Å². The molecule has 4 nitrogen and oxygen atoms in total. The number of carbonyl (C=O) groups is 1. The number of aryl methyl sites for hydroxylation is 1. The fourth-order valence-corrected chi connectivity index (χ4v) is 3.04. The summed E-state index contributed by atoms with van der Waals surface area (Å²) < 4.78 is 5.43. The number of carbonyl (C=O) groups excluding carboxylic acids is 1. The van der Waals surface area contributed by atoms with Crippen molar-refractivity contribution in [3.05, 3.63) is 28.0 Å². The molecule has 0 unspecified atom stereocenters. The van der Waals surface area contributed by atoms with E-state index < -0.39 is 5.60 Å². The van der Waals surface area contributed by atoms with Gasteiger partial charge in [0.25, 0.3) is 0 Å². The number of hydrogen-bond acceptors (Lipinski definition) is 4. The molecule has 0 aromatic carbocycles. The zero-order valence-corrected chi connectivity index (χ0v) is 12.0. The van der Waals surface area contributed by atoms with E-state index in [2.05, 4.69) is 20.9 Å². The van der Waals surface area contributed by atoms with Gasteiger partial charge in [-0.3, -0.25) is 4.79 Å². The number of nitrogens with zero attached hydrogens (tertiary/aromatic N) is 1. The standard InChI is InChI=1S/C13H16BrNO3/c1-8-5-10(15-11(14)6-8)13(17)4-3-9(7-13)12(16)18-2/h5-6,9,17H,3-4,7H2,1-2H3/t9-,13-/m1/s1. The minimum absolute atomic E-state index is 0.235. The van der Waals surface area contributed by atoms with Crippen LogP contribution >= 0.6 is 15.9 Å².